The monoisotopic (exact) mass is 283 g/mol. The number of hydrogen-bond acceptors (Lipinski definition) is 3. The Morgan fingerprint density at radius 2 is 2.17 bits per heavy atom. The van der Waals surface area contributed by atoms with E-state index in [0.29, 0.717) is 11.3 Å². The molecule has 1 aliphatic rings. The smallest absolute Gasteiger partial charge is 0.0330 e. The quantitative estimate of drug-likeness (QED) is 0.762. The lowest BCUT2D eigenvalue weighted by atomic mass is 9.81. The molecule has 0 saturated heterocycles. The van der Waals surface area contributed by atoms with Crippen LogP contribution in [0.25, 0.3) is 0 Å². The Bertz CT molecular complexity index is 349. The Labute approximate surface area is 121 Å². The van der Waals surface area contributed by atoms with Gasteiger partial charge in [-0.2, -0.15) is 12.6 Å². The molecule has 18 heavy (non-hydrogen) atoms. The van der Waals surface area contributed by atoms with E-state index in [-0.39, 0.29) is 0 Å². The number of rotatable bonds is 6. The molecule has 1 nitrogen and oxygen atoms in total. The van der Waals surface area contributed by atoms with Gasteiger partial charge in [0.05, 0.1) is 0 Å². The minimum Gasteiger partial charge on any atom is -0.295 e. The number of thiol groups is 1. The van der Waals surface area contributed by atoms with Crippen LogP contribution >= 0.6 is 24.0 Å². The molecule has 1 unspecified atom stereocenters. The molecule has 1 atom stereocenters. The topological polar surface area (TPSA) is 3.24 Å². The number of hydrogen-bond donors (Lipinski definition) is 1. The summed E-state index contributed by atoms with van der Waals surface area (Å²) in [6.07, 6.45) is 2.77. The Morgan fingerprint density at radius 1 is 1.44 bits per heavy atom. The van der Waals surface area contributed by atoms with Gasteiger partial charge in [0.1, 0.15) is 0 Å². The molecule has 0 spiro atoms. The molecular formula is C15H25NS2. The van der Waals surface area contributed by atoms with Crippen molar-refractivity contribution in [2.24, 2.45) is 11.3 Å². The second-order valence-corrected chi connectivity index (χ2v) is 7.88. The molecule has 0 amide bonds. The van der Waals surface area contributed by atoms with E-state index in [1.165, 1.54) is 24.3 Å². The van der Waals surface area contributed by atoms with Gasteiger partial charge in [0.15, 0.2) is 0 Å². The Hall–Kier alpha value is 0.01000. The average molecular weight is 284 g/mol. The van der Waals surface area contributed by atoms with E-state index < -0.39 is 0 Å². The van der Waals surface area contributed by atoms with Gasteiger partial charge in [0.25, 0.3) is 0 Å². The van der Waals surface area contributed by atoms with Gasteiger partial charge < -0.3 is 0 Å². The van der Waals surface area contributed by atoms with Crippen LogP contribution in [0.2, 0.25) is 0 Å². The fourth-order valence-electron chi connectivity index (χ4n) is 2.27. The minimum absolute atomic E-state index is 0.352. The predicted molar refractivity (Wildman–Crippen MR) is 84.5 cm³/mol. The molecule has 2 rings (SSSR count). The molecule has 0 radical (unpaired) electrons. The lowest BCUT2D eigenvalue weighted by molar-refractivity contribution is 0.154. The standard InChI is InChI=1S/C15H25NS2/c1-15(2,3)12(11-17)9-16(13-6-7-13)10-14-5-4-8-18-14/h4-5,8,12-13,17H,6-7,9-11H2,1-3H3. The van der Waals surface area contributed by atoms with Gasteiger partial charge in [-0.25, -0.2) is 0 Å². The second-order valence-electron chi connectivity index (χ2n) is 6.49. The van der Waals surface area contributed by atoms with Crippen LogP contribution in [0, 0.1) is 11.3 Å². The van der Waals surface area contributed by atoms with Crippen molar-refractivity contribution in [3.05, 3.63) is 22.4 Å². The highest BCUT2D eigenvalue weighted by atomic mass is 32.1. The van der Waals surface area contributed by atoms with Crippen LogP contribution in [0.3, 0.4) is 0 Å². The Kier molecular flexibility index (Phi) is 4.79. The first-order valence-corrected chi connectivity index (χ1v) is 8.39. The maximum atomic E-state index is 4.56. The first-order chi connectivity index (χ1) is 8.50. The van der Waals surface area contributed by atoms with Crippen LogP contribution < -0.4 is 0 Å². The van der Waals surface area contributed by atoms with E-state index in [1.807, 2.05) is 11.3 Å². The molecule has 0 aromatic carbocycles. The highest BCUT2D eigenvalue weighted by molar-refractivity contribution is 7.80. The zero-order valence-electron chi connectivity index (χ0n) is 11.7. The van der Waals surface area contributed by atoms with Crippen molar-refractivity contribution in [3.8, 4) is 0 Å². The van der Waals surface area contributed by atoms with Crippen LogP contribution in [-0.4, -0.2) is 23.2 Å². The third kappa shape index (κ3) is 4.01. The maximum Gasteiger partial charge on any atom is 0.0330 e. The van der Waals surface area contributed by atoms with Crippen molar-refractivity contribution in [3.63, 3.8) is 0 Å². The van der Waals surface area contributed by atoms with Crippen LogP contribution in [-0.2, 0) is 6.54 Å². The molecule has 1 aliphatic carbocycles. The van der Waals surface area contributed by atoms with Gasteiger partial charge in [0, 0.05) is 24.0 Å². The summed E-state index contributed by atoms with van der Waals surface area (Å²) in [6, 6.07) is 5.24. The fourth-order valence-corrected chi connectivity index (χ4v) is 3.67. The first kappa shape index (κ1) is 14.4. The lowest BCUT2D eigenvalue weighted by Gasteiger charge is -2.34. The molecule has 1 heterocycles. The van der Waals surface area contributed by atoms with Crippen molar-refractivity contribution < 1.29 is 0 Å². The van der Waals surface area contributed by atoms with Gasteiger partial charge in [-0.1, -0.05) is 26.8 Å². The fraction of sp³-hybridized carbons (Fsp3) is 0.733. The van der Waals surface area contributed by atoms with Crippen molar-refractivity contribution in [1.29, 1.82) is 0 Å². The van der Waals surface area contributed by atoms with Crippen LogP contribution in [0.5, 0.6) is 0 Å². The third-order valence-corrected chi connectivity index (χ3v) is 5.20. The van der Waals surface area contributed by atoms with Gasteiger partial charge in [-0.05, 0) is 41.4 Å². The van der Waals surface area contributed by atoms with E-state index in [4.69, 9.17) is 0 Å². The molecular weight excluding hydrogens is 258 g/mol. The number of thiophene rings is 1. The van der Waals surface area contributed by atoms with Crippen LogP contribution in [0.15, 0.2) is 17.5 Å². The Morgan fingerprint density at radius 3 is 2.61 bits per heavy atom. The number of nitrogens with zero attached hydrogens (tertiary/aromatic N) is 1. The van der Waals surface area contributed by atoms with Crippen molar-refractivity contribution in [1.82, 2.24) is 4.90 Å². The molecule has 3 heteroatoms. The molecule has 1 saturated carbocycles. The first-order valence-electron chi connectivity index (χ1n) is 6.88. The van der Waals surface area contributed by atoms with E-state index in [0.717, 1.165) is 18.3 Å². The largest absolute Gasteiger partial charge is 0.295 e. The van der Waals surface area contributed by atoms with Gasteiger partial charge in [-0.3, -0.25) is 4.90 Å². The molecule has 102 valence electrons. The van der Waals surface area contributed by atoms with E-state index in [9.17, 15) is 0 Å². The zero-order valence-corrected chi connectivity index (χ0v) is 13.4. The molecule has 0 bridgehead atoms. The highest BCUT2D eigenvalue weighted by Crippen LogP contribution is 2.34. The zero-order chi connectivity index (χ0) is 13.2. The highest BCUT2D eigenvalue weighted by Gasteiger charge is 2.33. The summed E-state index contributed by atoms with van der Waals surface area (Å²) in [5.41, 5.74) is 0.352. The van der Waals surface area contributed by atoms with Gasteiger partial charge in [-0.15, -0.1) is 11.3 Å². The summed E-state index contributed by atoms with van der Waals surface area (Å²) in [7, 11) is 0. The Balaban J connectivity index is 1.97. The lowest BCUT2D eigenvalue weighted by Crippen LogP contribution is -2.37. The maximum absolute atomic E-state index is 4.56. The summed E-state index contributed by atoms with van der Waals surface area (Å²) in [4.78, 5) is 4.17. The molecule has 0 N–H and O–H groups in total. The van der Waals surface area contributed by atoms with Crippen LogP contribution in [0.1, 0.15) is 38.5 Å². The SMILES string of the molecule is CC(C)(C)C(CS)CN(Cc1cccs1)C1CC1. The summed E-state index contributed by atoms with van der Waals surface area (Å²) < 4.78 is 0. The molecule has 1 aromatic heterocycles. The second kappa shape index (κ2) is 5.98. The summed E-state index contributed by atoms with van der Waals surface area (Å²) >= 11 is 6.44. The molecule has 0 aliphatic heterocycles. The summed E-state index contributed by atoms with van der Waals surface area (Å²) in [5.74, 6) is 1.65. The molecule has 1 aromatic rings. The average Bonchev–Trinajstić information content (AvgIpc) is 3.01. The summed E-state index contributed by atoms with van der Waals surface area (Å²) in [5, 5.41) is 2.18. The van der Waals surface area contributed by atoms with Crippen molar-refractivity contribution in [2.45, 2.75) is 46.2 Å². The normalized spacial score (nSPS) is 18.3. The van der Waals surface area contributed by atoms with Crippen LogP contribution in [0.4, 0.5) is 0 Å². The minimum atomic E-state index is 0.352. The predicted octanol–water partition coefficient (Wildman–Crippen LogP) is 4.30. The van der Waals surface area contributed by atoms with Crippen molar-refractivity contribution >= 4 is 24.0 Å². The van der Waals surface area contributed by atoms with E-state index in [1.54, 1.807) is 0 Å². The van der Waals surface area contributed by atoms with Gasteiger partial charge >= 0.3 is 0 Å². The third-order valence-electron chi connectivity index (χ3n) is 3.90. The van der Waals surface area contributed by atoms with Crippen molar-refractivity contribution in [2.75, 3.05) is 12.3 Å². The molecule has 1 fully saturated rings. The van der Waals surface area contributed by atoms with Gasteiger partial charge in [0.2, 0.25) is 0 Å². The van der Waals surface area contributed by atoms with E-state index >= 15 is 0 Å². The summed E-state index contributed by atoms with van der Waals surface area (Å²) in [6.45, 7) is 9.33. The van der Waals surface area contributed by atoms with E-state index in [2.05, 4.69) is 55.8 Å².